The predicted octanol–water partition coefficient (Wildman–Crippen LogP) is 14.5. The molecule has 4 saturated carbocycles. The van der Waals surface area contributed by atoms with E-state index in [9.17, 15) is 0 Å². The monoisotopic (exact) mass is 529 g/mol. The third kappa shape index (κ3) is 26.0. The molecule has 0 aromatic rings. The maximum absolute atomic E-state index is 2.37. The first kappa shape index (κ1) is 46.8. The molecule has 4 aliphatic rings. The van der Waals surface area contributed by atoms with Gasteiger partial charge >= 0.3 is 0 Å². The summed E-state index contributed by atoms with van der Waals surface area (Å²) < 4.78 is 0. The van der Waals surface area contributed by atoms with Crippen LogP contribution in [0.25, 0.3) is 0 Å². The van der Waals surface area contributed by atoms with E-state index in [0.717, 1.165) is 47.3 Å². The Kier molecular flexibility index (Phi) is 34.9. The van der Waals surface area contributed by atoms with Gasteiger partial charge in [0.15, 0.2) is 0 Å². The van der Waals surface area contributed by atoms with Crippen LogP contribution in [0.15, 0.2) is 0 Å². The molecule has 0 N–H and O–H groups in total. The molecule has 0 radical (unpaired) electrons. The number of hydrogen-bond donors (Lipinski definition) is 0. The van der Waals surface area contributed by atoms with Crippen molar-refractivity contribution in [3.05, 3.63) is 0 Å². The van der Waals surface area contributed by atoms with E-state index in [1.54, 1.807) is 0 Å². The van der Waals surface area contributed by atoms with Crippen LogP contribution in [0.4, 0.5) is 0 Å². The van der Waals surface area contributed by atoms with Crippen molar-refractivity contribution in [1.29, 1.82) is 0 Å². The average Bonchev–Trinajstić information content (AvgIpc) is 2.78. The molecule has 0 heteroatoms. The topological polar surface area (TPSA) is 0 Å². The van der Waals surface area contributed by atoms with Crippen LogP contribution in [0, 0.1) is 47.3 Å². The molecule has 4 fully saturated rings. The largest absolute Gasteiger partial charge is 0.0776 e. The van der Waals surface area contributed by atoms with Crippen LogP contribution in [0.2, 0.25) is 0 Å². The summed E-state index contributed by atoms with van der Waals surface area (Å²) in [6, 6.07) is 0. The molecule has 0 saturated heterocycles. The molecule has 37 heavy (non-hydrogen) atoms. The molecule has 4 rings (SSSR count). The second-order valence-electron chi connectivity index (χ2n) is 13.5. The van der Waals surface area contributed by atoms with E-state index in [-0.39, 0.29) is 37.1 Å². The summed E-state index contributed by atoms with van der Waals surface area (Å²) >= 11 is 0. The normalized spacial score (nSPS) is 34.4. The van der Waals surface area contributed by atoms with Crippen LogP contribution in [0.1, 0.15) is 195 Å². The molecule has 0 bridgehead atoms. The van der Waals surface area contributed by atoms with Gasteiger partial charge in [0, 0.05) is 0 Å². The molecule has 0 aromatic carbocycles. The van der Waals surface area contributed by atoms with Gasteiger partial charge < -0.3 is 0 Å². The van der Waals surface area contributed by atoms with Crippen LogP contribution in [0.5, 0.6) is 0 Å². The minimum atomic E-state index is 0. The number of rotatable bonds is 0. The Bertz CT molecular complexity index is 274. The third-order valence-electron chi connectivity index (χ3n) is 9.22. The zero-order chi connectivity index (χ0) is 23.9. The molecule has 0 nitrogen and oxygen atoms in total. The van der Waals surface area contributed by atoms with E-state index in [2.05, 4.69) is 55.4 Å². The summed E-state index contributed by atoms with van der Waals surface area (Å²) in [5.74, 6) is 8.16. The maximum atomic E-state index is 2.37. The first-order valence-electron chi connectivity index (χ1n) is 15.2. The summed E-state index contributed by atoms with van der Waals surface area (Å²) in [6.07, 6.45) is 23.6. The highest BCUT2D eigenvalue weighted by molar-refractivity contribution is 4.67. The van der Waals surface area contributed by atoms with Crippen molar-refractivity contribution in [3.63, 3.8) is 0 Å². The van der Waals surface area contributed by atoms with Gasteiger partial charge in [-0.25, -0.2) is 0 Å². The molecule has 232 valence electrons. The molecule has 0 unspecified atom stereocenters. The molecule has 0 heterocycles. The van der Waals surface area contributed by atoms with Gasteiger partial charge in [-0.2, -0.15) is 0 Å². The Labute approximate surface area is 242 Å². The van der Waals surface area contributed by atoms with Gasteiger partial charge in [-0.05, 0) is 47.3 Å². The van der Waals surface area contributed by atoms with Crippen molar-refractivity contribution in [2.75, 3.05) is 0 Å². The first-order chi connectivity index (χ1) is 15.2. The molecule has 0 aromatic heterocycles. The van der Waals surface area contributed by atoms with E-state index in [0.29, 0.717) is 0 Å². The second-order valence-corrected chi connectivity index (χ2v) is 13.5. The lowest BCUT2D eigenvalue weighted by atomic mass is 9.84. The van der Waals surface area contributed by atoms with Gasteiger partial charge in [-0.3, -0.25) is 0 Å². The van der Waals surface area contributed by atoms with Gasteiger partial charge in [-0.1, -0.05) is 195 Å². The van der Waals surface area contributed by atoms with E-state index in [4.69, 9.17) is 0 Å². The quantitative estimate of drug-likeness (QED) is 0.293. The van der Waals surface area contributed by atoms with Gasteiger partial charge in [0.05, 0.1) is 0 Å². The Hall–Kier alpha value is 0. The van der Waals surface area contributed by atoms with Crippen LogP contribution in [0.3, 0.4) is 0 Å². The summed E-state index contributed by atoms with van der Waals surface area (Å²) in [5, 5.41) is 0. The van der Waals surface area contributed by atoms with E-state index in [1.807, 2.05) is 0 Å². The summed E-state index contributed by atoms with van der Waals surface area (Å²) in [7, 11) is 0. The van der Waals surface area contributed by atoms with Crippen molar-refractivity contribution in [3.8, 4) is 0 Å². The standard InChI is InChI=1S/4C8H16.5CH4/c4*1-7-3-5-8(2)6-4-7;;;;;/h4*7-8H,3-6H2,1-2H3;5*1H4. The Morgan fingerprint density at radius 2 is 0.243 bits per heavy atom. The highest BCUT2D eigenvalue weighted by atomic mass is 14.2. The van der Waals surface area contributed by atoms with E-state index in [1.165, 1.54) is 103 Å². The maximum Gasteiger partial charge on any atom is -0.0443 e. The fourth-order valence-electron chi connectivity index (χ4n) is 5.71. The predicted molar refractivity (Wildman–Crippen MR) is 181 cm³/mol. The van der Waals surface area contributed by atoms with Crippen LogP contribution in [-0.2, 0) is 0 Å². The molecule has 0 atom stereocenters. The zero-order valence-corrected chi connectivity index (χ0v) is 23.9. The first-order valence-corrected chi connectivity index (χ1v) is 15.2. The lowest BCUT2D eigenvalue weighted by molar-refractivity contribution is 0.308. The molecular formula is C37H84. The smallest absolute Gasteiger partial charge is 0.0443 e. The van der Waals surface area contributed by atoms with Gasteiger partial charge in [-0.15, -0.1) is 0 Å². The fraction of sp³-hybridized carbons (Fsp3) is 1.00. The van der Waals surface area contributed by atoms with Crippen LogP contribution >= 0.6 is 0 Å². The lowest BCUT2D eigenvalue weighted by Gasteiger charge is -2.22. The van der Waals surface area contributed by atoms with Gasteiger partial charge in [0.25, 0.3) is 0 Å². The summed E-state index contributed by atoms with van der Waals surface area (Å²) in [6.45, 7) is 18.9. The van der Waals surface area contributed by atoms with Gasteiger partial charge in [0.2, 0.25) is 0 Å². The van der Waals surface area contributed by atoms with Crippen molar-refractivity contribution in [1.82, 2.24) is 0 Å². The molecular weight excluding hydrogens is 444 g/mol. The van der Waals surface area contributed by atoms with Crippen LogP contribution in [-0.4, -0.2) is 0 Å². The fourth-order valence-corrected chi connectivity index (χ4v) is 5.71. The second kappa shape index (κ2) is 27.6. The summed E-state index contributed by atoms with van der Waals surface area (Å²) in [5.41, 5.74) is 0. The average molecular weight is 529 g/mol. The SMILES string of the molecule is C.C.C.C.C.CC1CCC(C)CC1.CC1CCC(C)CC1.CC1CCC(C)CC1.CC1CCC(C)CC1. The molecule has 0 amide bonds. The summed E-state index contributed by atoms with van der Waals surface area (Å²) in [4.78, 5) is 0. The van der Waals surface area contributed by atoms with Crippen molar-refractivity contribution < 1.29 is 0 Å². The Morgan fingerprint density at radius 3 is 0.297 bits per heavy atom. The van der Waals surface area contributed by atoms with E-state index < -0.39 is 0 Å². The van der Waals surface area contributed by atoms with Crippen molar-refractivity contribution in [2.45, 2.75) is 195 Å². The van der Waals surface area contributed by atoms with Crippen molar-refractivity contribution in [2.24, 2.45) is 47.3 Å². The molecule has 0 aliphatic heterocycles. The third-order valence-corrected chi connectivity index (χ3v) is 9.22. The highest BCUT2D eigenvalue weighted by Gasteiger charge is 2.15. The minimum absolute atomic E-state index is 0. The van der Waals surface area contributed by atoms with Gasteiger partial charge in [0.1, 0.15) is 0 Å². The highest BCUT2D eigenvalue weighted by Crippen LogP contribution is 2.29. The van der Waals surface area contributed by atoms with E-state index >= 15 is 0 Å². The molecule has 0 spiro atoms. The Morgan fingerprint density at radius 1 is 0.189 bits per heavy atom. The minimum Gasteiger partial charge on any atom is -0.0776 e. The zero-order valence-electron chi connectivity index (χ0n) is 23.9. The molecule has 4 aliphatic carbocycles. The van der Waals surface area contributed by atoms with Crippen LogP contribution < -0.4 is 0 Å². The number of hydrogen-bond acceptors (Lipinski definition) is 0. The lowest BCUT2D eigenvalue weighted by Crippen LogP contribution is -2.08. The Balaban J connectivity index is -0.000000118. The van der Waals surface area contributed by atoms with Crippen molar-refractivity contribution >= 4 is 0 Å².